The molecule has 0 saturated heterocycles. The number of nitrogens with one attached hydrogen (secondary N) is 1. The summed E-state index contributed by atoms with van der Waals surface area (Å²) < 4.78 is 0. The molecule has 4 rings (SSSR count). The van der Waals surface area contributed by atoms with Crippen LogP contribution in [0.15, 0.2) is 0 Å². The molecule has 0 aromatic heterocycles. The van der Waals surface area contributed by atoms with Crippen molar-refractivity contribution in [3.05, 3.63) is 0 Å². The molecule has 0 aromatic rings. The van der Waals surface area contributed by atoms with Gasteiger partial charge >= 0.3 is 5.97 Å². The molecule has 1 amide bonds. The Labute approximate surface area is 197 Å². The fourth-order valence-electron chi connectivity index (χ4n) is 8.95. The quantitative estimate of drug-likeness (QED) is 0.410. The number of rotatable bonds is 6. The van der Waals surface area contributed by atoms with Crippen molar-refractivity contribution in [2.45, 2.75) is 96.9 Å². The van der Waals surface area contributed by atoms with Crippen LogP contribution < -0.4 is 5.32 Å². The maximum Gasteiger partial charge on any atom is 0.322 e. The van der Waals surface area contributed by atoms with E-state index >= 15 is 0 Å². The summed E-state index contributed by atoms with van der Waals surface area (Å²) in [4.78, 5) is 22.7. The minimum absolute atomic E-state index is 0.0668. The van der Waals surface area contributed by atoms with Crippen molar-refractivity contribution in [3.8, 4) is 0 Å². The largest absolute Gasteiger partial charge is 0.480 e. The van der Waals surface area contributed by atoms with Crippen molar-refractivity contribution in [2.75, 3.05) is 6.54 Å². The Morgan fingerprint density at radius 2 is 1.76 bits per heavy atom. The highest BCUT2D eigenvalue weighted by Crippen LogP contribution is 2.68. The number of hydrogen-bond acceptors (Lipinski definition) is 5. The topological polar surface area (TPSA) is 127 Å². The normalized spacial score (nSPS) is 47.7. The number of hydrogen-bond donors (Lipinski definition) is 5. The second-order valence-electron chi connectivity index (χ2n) is 12.2. The molecule has 11 atom stereocenters. The molecule has 0 bridgehead atoms. The smallest absolute Gasteiger partial charge is 0.322 e. The van der Waals surface area contributed by atoms with Gasteiger partial charge in [-0.25, -0.2) is 0 Å². The predicted octanol–water partition coefficient (Wildman–Crippen LogP) is 2.56. The number of fused-ring (bicyclic) bond motifs is 5. The summed E-state index contributed by atoms with van der Waals surface area (Å²) in [6.07, 6.45) is 5.86. The van der Waals surface area contributed by atoms with E-state index in [2.05, 4.69) is 26.1 Å². The number of carboxylic acids is 1. The molecular weight excluding hydrogens is 422 g/mol. The van der Waals surface area contributed by atoms with E-state index in [9.17, 15) is 24.9 Å². The summed E-state index contributed by atoms with van der Waals surface area (Å²) >= 11 is 0. The fraction of sp³-hybridized carbons (Fsp3) is 0.923. The Morgan fingerprint density at radius 3 is 2.45 bits per heavy atom. The fourth-order valence-corrected chi connectivity index (χ4v) is 8.95. The van der Waals surface area contributed by atoms with Gasteiger partial charge in [0.25, 0.3) is 0 Å². The van der Waals surface area contributed by atoms with Crippen LogP contribution in [-0.4, -0.2) is 57.2 Å². The number of aliphatic hydroxyl groups excluding tert-OH is 3. The van der Waals surface area contributed by atoms with Gasteiger partial charge in [0.15, 0.2) is 0 Å². The lowest BCUT2D eigenvalue weighted by Gasteiger charge is -2.63. The molecule has 5 N–H and O–H groups in total. The molecule has 0 heterocycles. The van der Waals surface area contributed by atoms with E-state index in [4.69, 9.17) is 5.11 Å². The first-order chi connectivity index (χ1) is 15.5. The molecule has 0 unspecified atom stereocenters. The average molecular weight is 466 g/mol. The zero-order chi connectivity index (χ0) is 24.1. The van der Waals surface area contributed by atoms with Crippen LogP contribution in [0.25, 0.3) is 0 Å². The third-order valence-corrected chi connectivity index (χ3v) is 10.8. The highest BCUT2D eigenvalue weighted by atomic mass is 16.4. The van der Waals surface area contributed by atoms with E-state index in [0.29, 0.717) is 25.2 Å². The van der Waals surface area contributed by atoms with E-state index in [0.717, 1.165) is 38.5 Å². The standard InChI is InChI=1S/C26H43NO6/c1-14(4-7-22(31)27-13-23(32)33)17-5-6-18-24-19(12-21(30)26(17,18)3)25(2)9-8-16(28)10-15(25)11-20(24)29/h14-21,24,28-30H,4-13H2,1-3H3,(H,27,31)(H,32,33)/t14-,15+,16-,17+,18+,19+,20+,21+,24+,25+,26+/m0/s1. The van der Waals surface area contributed by atoms with Crippen LogP contribution in [-0.2, 0) is 9.59 Å². The Bertz CT molecular complexity index is 759. The molecule has 7 heteroatoms. The van der Waals surface area contributed by atoms with Gasteiger partial charge in [0.2, 0.25) is 5.91 Å². The van der Waals surface area contributed by atoms with E-state index < -0.39 is 12.1 Å². The molecule has 33 heavy (non-hydrogen) atoms. The summed E-state index contributed by atoms with van der Waals surface area (Å²) in [6.45, 7) is 6.35. The highest BCUT2D eigenvalue weighted by molar-refractivity contribution is 5.81. The maximum atomic E-state index is 12.0. The number of carbonyl (C=O) groups is 2. The van der Waals surface area contributed by atoms with Crippen molar-refractivity contribution in [2.24, 2.45) is 46.3 Å². The Morgan fingerprint density at radius 1 is 1.03 bits per heavy atom. The molecule has 4 saturated carbocycles. The molecule has 0 radical (unpaired) electrons. The molecular formula is C26H43NO6. The summed E-state index contributed by atoms with van der Waals surface area (Å²) in [6, 6.07) is 0. The minimum Gasteiger partial charge on any atom is -0.480 e. The molecule has 0 aromatic carbocycles. The molecule has 188 valence electrons. The molecule has 4 aliphatic carbocycles. The first-order valence-electron chi connectivity index (χ1n) is 13.0. The van der Waals surface area contributed by atoms with Crippen LogP contribution in [0.4, 0.5) is 0 Å². The number of aliphatic carboxylic acids is 1. The van der Waals surface area contributed by atoms with Crippen LogP contribution in [0.1, 0.15) is 78.6 Å². The minimum atomic E-state index is -1.04. The van der Waals surface area contributed by atoms with Crippen LogP contribution in [0.2, 0.25) is 0 Å². The Kier molecular flexibility index (Phi) is 6.89. The number of aliphatic hydroxyl groups is 3. The Balaban J connectivity index is 1.49. The van der Waals surface area contributed by atoms with Crippen LogP contribution >= 0.6 is 0 Å². The van der Waals surface area contributed by atoms with Gasteiger partial charge in [0.1, 0.15) is 6.54 Å². The van der Waals surface area contributed by atoms with Gasteiger partial charge < -0.3 is 25.7 Å². The van der Waals surface area contributed by atoms with Gasteiger partial charge in [-0.1, -0.05) is 20.8 Å². The van der Waals surface area contributed by atoms with Crippen molar-refractivity contribution >= 4 is 11.9 Å². The predicted molar refractivity (Wildman–Crippen MR) is 123 cm³/mol. The van der Waals surface area contributed by atoms with Crippen LogP contribution in [0.5, 0.6) is 0 Å². The number of carboxylic acid groups (broad SMARTS) is 1. The van der Waals surface area contributed by atoms with Crippen molar-refractivity contribution in [1.82, 2.24) is 5.32 Å². The highest BCUT2D eigenvalue weighted by Gasteiger charge is 2.65. The van der Waals surface area contributed by atoms with E-state index in [-0.39, 0.29) is 65.1 Å². The first kappa shape index (κ1) is 24.9. The van der Waals surface area contributed by atoms with Gasteiger partial charge in [-0.2, -0.15) is 0 Å². The first-order valence-corrected chi connectivity index (χ1v) is 13.0. The molecule has 0 aliphatic heterocycles. The molecule has 0 spiro atoms. The van der Waals surface area contributed by atoms with Crippen LogP contribution in [0, 0.1) is 46.3 Å². The summed E-state index contributed by atoms with van der Waals surface area (Å²) in [5.41, 5.74) is -0.214. The van der Waals surface area contributed by atoms with Crippen molar-refractivity contribution in [1.29, 1.82) is 0 Å². The van der Waals surface area contributed by atoms with Gasteiger partial charge in [-0.05, 0) is 97.7 Å². The second kappa shape index (κ2) is 9.12. The molecule has 4 fully saturated rings. The van der Waals surface area contributed by atoms with E-state index in [1.807, 2.05) is 0 Å². The lowest BCUT2D eigenvalue weighted by Crippen LogP contribution is -2.62. The summed E-state index contributed by atoms with van der Waals surface area (Å²) in [7, 11) is 0. The number of amides is 1. The van der Waals surface area contributed by atoms with Crippen molar-refractivity contribution in [3.63, 3.8) is 0 Å². The van der Waals surface area contributed by atoms with Gasteiger partial charge in [-0.15, -0.1) is 0 Å². The van der Waals surface area contributed by atoms with Gasteiger partial charge in [0.05, 0.1) is 18.3 Å². The molecule has 7 nitrogen and oxygen atoms in total. The Hall–Kier alpha value is -1.18. The van der Waals surface area contributed by atoms with Gasteiger partial charge in [0, 0.05) is 6.42 Å². The summed E-state index contributed by atoms with van der Waals surface area (Å²) in [5.74, 6) is 0.265. The van der Waals surface area contributed by atoms with Gasteiger partial charge in [-0.3, -0.25) is 9.59 Å². The SMILES string of the molecule is C[C@@H](CCC(=O)NCC(=O)O)[C@H]1CC[C@@H]2[C@H]3[C@H](O)C[C@H]4C[C@@H](O)CC[C@@]4(C)[C@@H]3C[C@@H](O)[C@@]21C. The third-order valence-electron chi connectivity index (χ3n) is 10.8. The second-order valence-corrected chi connectivity index (χ2v) is 12.2. The summed E-state index contributed by atoms with van der Waals surface area (Å²) in [5, 5.41) is 44.4. The monoisotopic (exact) mass is 465 g/mol. The maximum absolute atomic E-state index is 12.0. The zero-order valence-corrected chi connectivity index (χ0v) is 20.4. The lowest BCUT2D eigenvalue weighted by atomic mass is 9.43. The number of carbonyl (C=O) groups excluding carboxylic acids is 1. The third kappa shape index (κ3) is 4.23. The van der Waals surface area contributed by atoms with E-state index in [1.54, 1.807) is 0 Å². The average Bonchev–Trinajstić information content (AvgIpc) is 3.11. The van der Waals surface area contributed by atoms with E-state index in [1.165, 1.54) is 0 Å². The van der Waals surface area contributed by atoms with Crippen LogP contribution in [0.3, 0.4) is 0 Å². The zero-order valence-electron chi connectivity index (χ0n) is 20.4. The lowest BCUT2D eigenvalue weighted by molar-refractivity contribution is -0.207. The molecule has 4 aliphatic rings. The van der Waals surface area contributed by atoms with Crippen molar-refractivity contribution < 1.29 is 30.0 Å².